The molecule has 0 atom stereocenters. The van der Waals surface area contributed by atoms with Crippen LogP contribution in [0.1, 0.15) is 34.1 Å². The number of aromatic amines is 1. The predicted molar refractivity (Wildman–Crippen MR) is 106 cm³/mol. The average Bonchev–Trinajstić information content (AvgIpc) is 3.28. The molecule has 0 saturated carbocycles. The minimum atomic E-state index is -0.459. The summed E-state index contributed by atoms with van der Waals surface area (Å²) in [7, 11) is 1.90. The number of nitrogens with zero attached hydrogens (tertiary/aromatic N) is 3. The lowest BCUT2D eigenvalue weighted by atomic mass is 9.82. The zero-order chi connectivity index (χ0) is 19.4. The molecule has 28 heavy (non-hydrogen) atoms. The Bertz CT molecular complexity index is 1320. The van der Waals surface area contributed by atoms with Gasteiger partial charge in [-0.2, -0.15) is 10.4 Å². The van der Waals surface area contributed by atoms with Crippen molar-refractivity contribution in [1.29, 1.82) is 5.26 Å². The fraction of sp³-hybridized carbons (Fsp3) is 0.227. The van der Waals surface area contributed by atoms with Crippen molar-refractivity contribution in [3.63, 3.8) is 0 Å². The SMILES string of the molecule is CCOC(=O)c1c2c(c3[nH]c4ccccc4c3c1C#N)CCc1c-2cnn1C. The van der Waals surface area contributed by atoms with Gasteiger partial charge >= 0.3 is 5.97 Å². The number of carbonyl (C=O) groups is 1. The molecule has 0 saturated heterocycles. The molecule has 1 N–H and O–H groups in total. The topological polar surface area (TPSA) is 83.7 Å². The highest BCUT2D eigenvalue weighted by Gasteiger charge is 2.32. The van der Waals surface area contributed by atoms with E-state index in [0.717, 1.165) is 57.0 Å². The lowest BCUT2D eigenvalue weighted by Gasteiger charge is -2.22. The summed E-state index contributed by atoms with van der Waals surface area (Å²) in [5.74, 6) is -0.459. The van der Waals surface area contributed by atoms with E-state index in [0.29, 0.717) is 11.1 Å². The predicted octanol–water partition coefficient (Wildman–Crippen LogP) is 3.87. The molecule has 0 spiro atoms. The van der Waals surface area contributed by atoms with Crippen molar-refractivity contribution >= 4 is 27.8 Å². The number of hydrogen-bond donors (Lipinski definition) is 1. The summed E-state index contributed by atoms with van der Waals surface area (Å²) in [5, 5.41) is 16.2. The number of esters is 1. The molecule has 5 rings (SSSR count). The van der Waals surface area contributed by atoms with Crippen molar-refractivity contribution in [3.05, 3.63) is 52.8 Å². The number of carbonyl (C=O) groups excluding carboxylic acids is 1. The van der Waals surface area contributed by atoms with Gasteiger partial charge in [0.25, 0.3) is 0 Å². The van der Waals surface area contributed by atoms with Crippen LogP contribution in [0, 0.1) is 11.3 Å². The minimum absolute atomic E-state index is 0.254. The summed E-state index contributed by atoms with van der Waals surface area (Å²) in [5.41, 5.74) is 6.40. The molecule has 0 radical (unpaired) electrons. The number of nitriles is 1. The summed E-state index contributed by atoms with van der Waals surface area (Å²) in [6.45, 7) is 2.03. The molecule has 0 amide bonds. The molecule has 1 aliphatic carbocycles. The van der Waals surface area contributed by atoms with Crippen LogP contribution < -0.4 is 0 Å². The number of H-pyrrole nitrogens is 1. The molecule has 138 valence electrons. The molecule has 2 heterocycles. The van der Waals surface area contributed by atoms with Gasteiger partial charge in [0.15, 0.2) is 0 Å². The van der Waals surface area contributed by atoms with Gasteiger partial charge < -0.3 is 9.72 Å². The molecule has 2 aromatic heterocycles. The first kappa shape index (κ1) is 16.6. The van der Waals surface area contributed by atoms with Gasteiger partial charge in [0.2, 0.25) is 0 Å². The van der Waals surface area contributed by atoms with Crippen molar-refractivity contribution < 1.29 is 9.53 Å². The quantitative estimate of drug-likeness (QED) is 0.543. The van der Waals surface area contributed by atoms with E-state index in [9.17, 15) is 10.1 Å². The number of hydrogen-bond acceptors (Lipinski definition) is 4. The Kier molecular flexibility index (Phi) is 3.53. The Morgan fingerprint density at radius 3 is 2.96 bits per heavy atom. The zero-order valence-electron chi connectivity index (χ0n) is 15.7. The van der Waals surface area contributed by atoms with E-state index in [1.54, 1.807) is 13.1 Å². The minimum Gasteiger partial charge on any atom is -0.462 e. The van der Waals surface area contributed by atoms with E-state index in [1.807, 2.05) is 36.0 Å². The molecule has 1 aliphatic rings. The van der Waals surface area contributed by atoms with Crippen LogP contribution in [0.4, 0.5) is 0 Å². The van der Waals surface area contributed by atoms with Gasteiger partial charge in [0.1, 0.15) is 6.07 Å². The summed E-state index contributed by atoms with van der Waals surface area (Å²) < 4.78 is 7.21. The van der Waals surface area contributed by atoms with E-state index in [4.69, 9.17) is 4.74 Å². The van der Waals surface area contributed by atoms with Gasteiger partial charge in [-0.05, 0) is 31.4 Å². The van der Waals surface area contributed by atoms with Crippen LogP contribution in [0.5, 0.6) is 0 Å². The van der Waals surface area contributed by atoms with Gasteiger partial charge in [-0.25, -0.2) is 4.79 Å². The van der Waals surface area contributed by atoms with Crippen LogP contribution in [0.25, 0.3) is 32.9 Å². The maximum absolute atomic E-state index is 13.0. The number of para-hydroxylation sites is 1. The summed E-state index contributed by atoms with van der Waals surface area (Å²) in [4.78, 5) is 16.5. The van der Waals surface area contributed by atoms with Crippen LogP contribution in [-0.2, 0) is 24.6 Å². The van der Waals surface area contributed by atoms with Gasteiger partial charge in [0, 0.05) is 40.2 Å². The highest BCUT2D eigenvalue weighted by molar-refractivity contribution is 6.17. The van der Waals surface area contributed by atoms with E-state index in [1.165, 1.54) is 0 Å². The smallest absolute Gasteiger partial charge is 0.340 e. The Hall–Kier alpha value is -3.59. The standard InChI is InChI=1S/C22H18N4O2/c1-3-28-22(27)20-14(10-23)19-12-6-4-5-7-16(12)25-21(19)13-8-9-17-15(18(13)20)11-24-26(17)2/h4-7,11,25H,3,8-9H2,1-2H3. The third-order valence-corrected chi connectivity index (χ3v) is 5.59. The Morgan fingerprint density at radius 2 is 2.18 bits per heavy atom. The average molecular weight is 370 g/mol. The zero-order valence-corrected chi connectivity index (χ0v) is 15.7. The largest absolute Gasteiger partial charge is 0.462 e. The molecule has 2 aromatic carbocycles. The van der Waals surface area contributed by atoms with Gasteiger partial charge in [-0.15, -0.1) is 0 Å². The Morgan fingerprint density at radius 1 is 1.36 bits per heavy atom. The first-order valence-electron chi connectivity index (χ1n) is 9.33. The fourth-order valence-electron chi connectivity index (χ4n) is 4.43. The van der Waals surface area contributed by atoms with E-state index >= 15 is 0 Å². The monoisotopic (exact) mass is 370 g/mol. The number of fused-ring (bicyclic) bond motifs is 7. The van der Waals surface area contributed by atoms with Gasteiger partial charge in [-0.3, -0.25) is 4.68 Å². The van der Waals surface area contributed by atoms with Crippen molar-refractivity contribution in [2.75, 3.05) is 6.61 Å². The van der Waals surface area contributed by atoms with Crippen LogP contribution >= 0.6 is 0 Å². The number of rotatable bonds is 2. The number of ether oxygens (including phenoxy) is 1. The number of aryl methyl sites for hydroxylation is 2. The van der Waals surface area contributed by atoms with Crippen molar-refractivity contribution in [2.45, 2.75) is 19.8 Å². The summed E-state index contributed by atoms with van der Waals surface area (Å²) >= 11 is 0. The van der Waals surface area contributed by atoms with Crippen LogP contribution in [-0.4, -0.2) is 27.3 Å². The Labute approximate surface area is 161 Å². The lowest BCUT2D eigenvalue weighted by molar-refractivity contribution is 0.0527. The molecule has 0 fully saturated rings. The fourth-order valence-corrected chi connectivity index (χ4v) is 4.43. The maximum Gasteiger partial charge on any atom is 0.340 e. The van der Waals surface area contributed by atoms with Crippen LogP contribution in [0.15, 0.2) is 30.5 Å². The summed E-state index contributed by atoms with van der Waals surface area (Å²) in [6.07, 6.45) is 3.38. The molecule has 4 aromatic rings. The van der Waals surface area contributed by atoms with Gasteiger partial charge in [-0.1, -0.05) is 18.2 Å². The second-order valence-corrected chi connectivity index (χ2v) is 6.98. The molecular formula is C22H18N4O2. The normalized spacial score (nSPS) is 12.6. The van der Waals surface area contributed by atoms with E-state index < -0.39 is 5.97 Å². The third kappa shape index (κ3) is 2.07. The number of benzene rings is 2. The second-order valence-electron chi connectivity index (χ2n) is 6.98. The maximum atomic E-state index is 13.0. The molecule has 0 aliphatic heterocycles. The number of nitrogens with one attached hydrogen (secondary N) is 1. The number of aromatic nitrogens is 3. The van der Waals surface area contributed by atoms with Gasteiger partial charge in [0.05, 0.1) is 29.4 Å². The highest BCUT2D eigenvalue weighted by atomic mass is 16.5. The van der Waals surface area contributed by atoms with Crippen molar-refractivity contribution in [1.82, 2.24) is 14.8 Å². The first-order valence-corrected chi connectivity index (χ1v) is 9.33. The van der Waals surface area contributed by atoms with Crippen LogP contribution in [0.2, 0.25) is 0 Å². The molecule has 0 unspecified atom stereocenters. The van der Waals surface area contributed by atoms with E-state index in [2.05, 4.69) is 16.2 Å². The van der Waals surface area contributed by atoms with Crippen molar-refractivity contribution in [2.24, 2.45) is 7.05 Å². The van der Waals surface area contributed by atoms with Crippen LogP contribution in [0.3, 0.4) is 0 Å². The van der Waals surface area contributed by atoms with E-state index in [-0.39, 0.29) is 6.61 Å². The molecule has 0 bridgehead atoms. The first-order chi connectivity index (χ1) is 13.7. The molecule has 6 heteroatoms. The second kappa shape index (κ2) is 5.96. The molecule has 6 nitrogen and oxygen atoms in total. The highest BCUT2D eigenvalue weighted by Crippen LogP contribution is 2.44. The third-order valence-electron chi connectivity index (χ3n) is 5.59. The lowest BCUT2D eigenvalue weighted by Crippen LogP contribution is -2.15. The van der Waals surface area contributed by atoms with Crippen molar-refractivity contribution in [3.8, 4) is 17.2 Å². The molecular weight excluding hydrogens is 352 g/mol. The summed E-state index contributed by atoms with van der Waals surface area (Å²) in [6, 6.07) is 10.2. The Balaban J connectivity index is 2.01.